The van der Waals surface area contributed by atoms with Crippen molar-refractivity contribution in [1.29, 1.82) is 0 Å². The summed E-state index contributed by atoms with van der Waals surface area (Å²) in [6.45, 7) is 6.93. The van der Waals surface area contributed by atoms with Gasteiger partial charge in [0.2, 0.25) is 5.91 Å². The molecule has 0 aliphatic rings. The van der Waals surface area contributed by atoms with Crippen LogP contribution in [0.3, 0.4) is 0 Å². The van der Waals surface area contributed by atoms with E-state index < -0.39 is 0 Å². The third kappa shape index (κ3) is 9.86. The Balaban J connectivity index is 3.27. The lowest BCUT2D eigenvalue weighted by molar-refractivity contribution is -0.118. The summed E-state index contributed by atoms with van der Waals surface area (Å²) in [7, 11) is 0. The molecule has 14 heavy (non-hydrogen) atoms. The Bertz CT molecular complexity index is 160. The molecule has 3 N–H and O–H groups in total. The SMILES string of the molecule is CC(C)CNC(=O)CSCCC(C)N. The van der Waals surface area contributed by atoms with Crippen LogP contribution in [-0.2, 0) is 4.79 Å². The minimum absolute atomic E-state index is 0.133. The fourth-order valence-electron chi connectivity index (χ4n) is 0.803. The monoisotopic (exact) mass is 218 g/mol. The van der Waals surface area contributed by atoms with Crippen molar-refractivity contribution < 1.29 is 4.79 Å². The number of nitrogens with two attached hydrogens (primary N) is 1. The van der Waals surface area contributed by atoms with Crippen molar-refractivity contribution in [2.75, 3.05) is 18.1 Å². The summed E-state index contributed by atoms with van der Waals surface area (Å²) in [5, 5.41) is 2.88. The molecule has 0 spiro atoms. The molecule has 0 radical (unpaired) electrons. The number of hydrogen-bond acceptors (Lipinski definition) is 3. The molecule has 0 saturated carbocycles. The lowest BCUT2D eigenvalue weighted by atomic mass is 10.2. The van der Waals surface area contributed by atoms with Gasteiger partial charge in [0.05, 0.1) is 5.75 Å². The maximum absolute atomic E-state index is 11.2. The smallest absolute Gasteiger partial charge is 0.230 e. The Hall–Kier alpha value is -0.220. The Labute approximate surface area is 91.2 Å². The first-order valence-electron chi connectivity index (χ1n) is 5.12. The minimum atomic E-state index is 0.133. The van der Waals surface area contributed by atoms with Crippen molar-refractivity contribution >= 4 is 17.7 Å². The summed E-state index contributed by atoms with van der Waals surface area (Å²) in [6, 6.07) is 0.237. The van der Waals surface area contributed by atoms with Crippen molar-refractivity contribution in [3.63, 3.8) is 0 Å². The van der Waals surface area contributed by atoms with Gasteiger partial charge < -0.3 is 11.1 Å². The van der Waals surface area contributed by atoms with Crippen LogP contribution in [0, 0.1) is 5.92 Å². The number of thioether (sulfide) groups is 1. The zero-order chi connectivity index (χ0) is 11.0. The second-order valence-electron chi connectivity index (χ2n) is 4.02. The normalized spacial score (nSPS) is 12.9. The standard InChI is InChI=1S/C10H22N2OS/c1-8(2)6-12-10(13)7-14-5-4-9(3)11/h8-9H,4-7,11H2,1-3H3,(H,12,13). The van der Waals surface area contributed by atoms with Gasteiger partial charge in [-0.15, -0.1) is 0 Å². The van der Waals surface area contributed by atoms with Gasteiger partial charge in [0.25, 0.3) is 0 Å². The average molecular weight is 218 g/mol. The molecule has 0 saturated heterocycles. The van der Waals surface area contributed by atoms with E-state index >= 15 is 0 Å². The number of amides is 1. The lowest BCUT2D eigenvalue weighted by Gasteiger charge is -2.07. The van der Waals surface area contributed by atoms with E-state index in [2.05, 4.69) is 19.2 Å². The fraction of sp³-hybridized carbons (Fsp3) is 0.900. The first-order valence-corrected chi connectivity index (χ1v) is 6.28. The summed E-state index contributed by atoms with van der Waals surface area (Å²) < 4.78 is 0. The highest BCUT2D eigenvalue weighted by molar-refractivity contribution is 7.99. The summed E-state index contributed by atoms with van der Waals surface area (Å²) in [4.78, 5) is 11.2. The third-order valence-corrected chi connectivity index (χ3v) is 2.65. The molecule has 0 bridgehead atoms. The van der Waals surface area contributed by atoms with Gasteiger partial charge in [-0.3, -0.25) is 4.79 Å². The maximum Gasteiger partial charge on any atom is 0.230 e. The quantitative estimate of drug-likeness (QED) is 0.632. The molecule has 0 aromatic heterocycles. The van der Waals surface area contributed by atoms with Crippen molar-refractivity contribution in [1.82, 2.24) is 5.32 Å². The molecule has 1 unspecified atom stereocenters. The van der Waals surface area contributed by atoms with Crippen LogP contribution in [0.4, 0.5) is 0 Å². The molecule has 0 rings (SSSR count). The maximum atomic E-state index is 11.2. The van der Waals surface area contributed by atoms with Crippen molar-refractivity contribution in [2.24, 2.45) is 11.7 Å². The van der Waals surface area contributed by atoms with Gasteiger partial charge in [-0.2, -0.15) is 11.8 Å². The molecule has 84 valence electrons. The van der Waals surface area contributed by atoms with Crippen LogP contribution in [0.1, 0.15) is 27.2 Å². The highest BCUT2D eigenvalue weighted by Gasteiger charge is 2.02. The fourth-order valence-corrected chi connectivity index (χ4v) is 1.77. The van der Waals surface area contributed by atoms with Gasteiger partial charge in [-0.05, 0) is 25.0 Å². The van der Waals surface area contributed by atoms with Crippen molar-refractivity contribution in [2.45, 2.75) is 33.2 Å². The molecule has 0 aromatic rings. The molecule has 1 amide bonds. The van der Waals surface area contributed by atoms with E-state index in [0.29, 0.717) is 11.7 Å². The number of carbonyl (C=O) groups excluding carboxylic acids is 1. The molecule has 0 aliphatic heterocycles. The van der Waals surface area contributed by atoms with Gasteiger partial charge in [0, 0.05) is 12.6 Å². The van der Waals surface area contributed by atoms with E-state index in [-0.39, 0.29) is 11.9 Å². The molecule has 0 fully saturated rings. The highest BCUT2D eigenvalue weighted by Crippen LogP contribution is 2.03. The van der Waals surface area contributed by atoms with Crippen LogP contribution in [-0.4, -0.2) is 30.0 Å². The predicted molar refractivity (Wildman–Crippen MR) is 63.4 cm³/mol. The molecule has 1 atom stereocenters. The van der Waals surface area contributed by atoms with Gasteiger partial charge in [0.1, 0.15) is 0 Å². The van der Waals surface area contributed by atoms with Crippen molar-refractivity contribution in [3.8, 4) is 0 Å². The number of rotatable bonds is 7. The Morgan fingerprint density at radius 2 is 2.07 bits per heavy atom. The van der Waals surface area contributed by atoms with E-state index in [4.69, 9.17) is 5.73 Å². The summed E-state index contributed by atoms with van der Waals surface area (Å²) in [6.07, 6.45) is 0.974. The molecule has 3 nitrogen and oxygen atoms in total. The second kappa shape index (κ2) is 8.12. The van der Waals surface area contributed by atoms with E-state index in [1.54, 1.807) is 11.8 Å². The van der Waals surface area contributed by atoms with Gasteiger partial charge >= 0.3 is 0 Å². The predicted octanol–water partition coefficient (Wildman–Crippen LogP) is 1.23. The molecule has 0 aliphatic carbocycles. The van der Waals surface area contributed by atoms with E-state index in [9.17, 15) is 4.79 Å². The first-order chi connectivity index (χ1) is 6.52. The zero-order valence-corrected chi connectivity index (χ0v) is 10.2. The average Bonchev–Trinajstić information content (AvgIpc) is 2.08. The molecule has 0 aromatic carbocycles. The Kier molecular flexibility index (Phi) is 7.99. The molecule has 0 heterocycles. The zero-order valence-electron chi connectivity index (χ0n) is 9.38. The van der Waals surface area contributed by atoms with Gasteiger partial charge in [-0.1, -0.05) is 13.8 Å². The van der Waals surface area contributed by atoms with Gasteiger partial charge in [0.15, 0.2) is 0 Å². The lowest BCUT2D eigenvalue weighted by Crippen LogP contribution is -2.29. The summed E-state index contributed by atoms with van der Waals surface area (Å²) in [5.41, 5.74) is 5.59. The second-order valence-corrected chi connectivity index (χ2v) is 5.12. The highest BCUT2D eigenvalue weighted by atomic mass is 32.2. The first kappa shape index (κ1) is 13.8. The van der Waals surface area contributed by atoms with Crippen LogP contribution < -0.4 is 11.1 Å². The topological polar surface area (TPSA) is 55.1 Å². The third-order valence-electron chi connectivity index (χ3n) is 1.66. The molecular weight excluding hydrogens is 196 g/mol. The van der Waals surface area contributed by atoms with Crippen LogP contribution in [0.15, 0.2) is 0 Å². The Morgan fingerprint density at radius 1 is 1.43 bits per heavy atom. The number of hydrogen-bond donors (Lipinski definition) is 2. The van der Waals surface area contributed by atoms with Gasteiger partial charge in [-0.25, -0.2) is 0 Å². The van der Waals surface area contributed by atoms with Crippen molar-refractivity contribution in [3.05, 3.63) is 0 Å². The number of nitrogens with one attached hydrogen (secondary N) is 1. The van der Waals surface area contributed by atoms with Crippen LogP contribution in [0.5, 0.6) is 0 Å². The van der Waals surface area contributed by atoms with Crippen LogP contribution >= 0.6 is 11.8 Å². The number of carbonyl (C=O) groups is 1. The summed E-state index contributed by atoms with van der Waals surface area (Å²) >= 11 is 1.65. The van der Waals surface area contributed by atoms with Crippen LogP contribution in [0.2, 0.25) is 0 Å². The summed E-state index contributed by atoms with van der Waals surface area (Å²) in [5.74, 6) is 2.17. The van der Waals surface area contributed by atoms with E-state index in [1.807, 2.05) is 6.92 Å². The van der Waals surface area contributed by atoms with E-state index in [1.165, 1.54) is 0 Å². The minimum Gasteiger partial charge on any atom is -0.355 e. The van der Waals surface area contributed by atoms with Crippen LogP contribution in [0.25, 0.3) is 0 Å². The molecular formula is C10H22N2OS. The largest absolute Gasteiger partial charge is 0.355 e. The Morgan fingerprint density at radius 3 is 2.57 bits per heavy atom. The molecule has 4 heteroatoms. The van der Waals surface area contributed by atoms with E-state index in [0.717, 1.165) is 18.7 Å².